The van der Waals surface area contributed by atoms with Crippen LogP contribution in [0.15, 0.2) is 18.2 Å². The number of piperidine rings is 1. The highest BCUT2D eigenvalue weighted by molar-refractivity contribution is 5.97. The molecule has 0 radical (unpaired) electrons. The molecular weight excluding hydrogens is 270 g/mol. The highest BCUT2D eigenvalue weighted by Gasteiger charge is 2.26. The largest absolute Gasteiger partial charge is 0.497 e. The molecule has 21 heavy (non-hydrogen) atoms. The maximum atomic E-state index is 12.3. The van der Waals surface area contributed by atoms with Crippen LogP contribution in [0.4, 0.5) is 11.4 Å². The van der Waals surface area contributed by atoms with E-state index in [-0.39, 0.29) is 18.1 Å². The molecule has 1 amide bonds. The molecule has 0 bridgehead atoms. The van der Waals surface area contributed by atoms with Crippen molar-refractivity contribution in [3.8, 4) is 5.75 Å². The van der Waals surface area contributed by atoms with Crippen LogP contribution in [0.2, 0.25) is 0 Å². The molecule has 0 aliphatic carbocycles. The maximum absolute atomic E-state index is 12.3. The summed E-state index contributed by atoms with van der Waals surface area (Å²) in [4.78, 5) is 14.3. The summed E-state index contributed by atoms with van der Waals surface area (Å²) in [6, 6.07) is 4.84. The maximum Gasteiger partial charge on any atom is 0.241 e. The normalized spacial score (nSPS) is 20.8. The zero-order valence-corrected chi connectivity index (χ0v) is 12.5. The van der Waals surface area contributed by atoms with Crippen molar-refractivity contribution in [3.63, 3.8) is 0 Å². The molecule has 0 spiro atoms. The van der Waals surface area contributed by atoms with Crippen molar-refractivity contribution in [2.24, 2.45) is 0 Å². The van der Waals surface area contributed by atoms with Crippen molar-refractivity contribution in [1.82, 2.24) is 4.90 Å². The Morgan fingerprint density at radius 1 is 1.57 bits per heavy atom. The first kappa shape index (κ1) is 15.6. The van der Waals surface area contributed by atoms with Crippen LogP contribution in [0.1, 0.15) is 19.8 Å². The number of carbonyl (C=O) groups excluding carboxylic acids is 1. The third-order valence-corrected chi connectivity index (χ3v) is 3.87. The Balaban J connectivity index is 2.00. The van der Waals surface area contributed by atoms with E-state index in [0.29, 0.717) is 23.7 Å². The number of anilines is 2. The van der Waals surface area contributed by atoms with Gasteiger partial charge in [-0.2, -0.15) is 0 Å². The first-order chi connectivity index (χ1) is 10.0. The average Bonchev–Trinajstić information content (AvgIpc) is 2.48. The highest BCUT2D eigenvalue weighted by atomic mass is 16.5. The zero-order chi connectivity index (χ0) is 15.4. The number of nitrogens with one attached hydrogen (secondary N) is 1. The Morgan fingerprint density at radius 3 is 2.95 bits per heavy atom. The van der Waals surface area contributed by atoms with E-state index in [9.17, 15) is 9.90 Å². The van der Waals surface area contributed by atoms with E-state index in [2.05, 4.69) is 5.32 Å². The Hall–Kier alpha value is -1.79. The number of methoxy groups -OCH3 is 1. The van der Waals surface area contributed by atoms with Crippen LogP contribution >= 0.6 is 0 Å². The average molecular weight is 293 g/mol. The lowest BCUT2D eigenvalue weighted by Crippen LogP contribution is -2.48. The van der Waals surface area contributed by atoms with E-state index < -0.39 is 0 Å². The van der Waals surface area contributed by atoms with Gasteiger partial charge in [-0.1, -0.05) is 0 Å². The number of β-amino-alcohol motifs (C(OH)–C–C–N with tert-alkyl or cyclic N) is 1. The van der Waals surface area contributed by atoms with E-state index >= 15 is 0 Å². The topological polar surface area (TPSA) is 87.8 Å². The smallest absolute Gasteiger partial charge is 0.241 e. The molecule has 1 saturated heterocycles. The fraction of sp³-hybridized carbons (Fsp3) is 0.533. The van der Waals surface area contributed by atoms with Crippen LogP contribution in [-0.2, 0) is 4.79 Å². The quantitative estimate of drug-likeness (QED) is 0.723. The minimum absolute atomic E-state index is 0.124. The number of hydrogen-bond donors (Lipinski definition) is 3. The van der Waals surface area contributed by atoms with Crippen LogP contribution in [0, 0.1) is 0 Å². The van der Waals surface area contributed by atoms with Gasteiger partial charge in [0.2, 0.25) is 5.91 Å². The minimum Gasteiger partial charge on any atom is -0.497 e. The summed E-state index contributed by atoms with van der Waals surface area (Å²) < 4.78 is 5.08. The van der Waals surface area contributed by atoms with Gasteiger partial charge in [0, 0.05) is 12.6 Å². The van der Waals surface area contributed by atoms with Gasteiger partial charge in [0.25, 0.3) is 0 Å². The van der Waals surface area contributed by atoms with E-state index in [0.717, 1.165) is 19.4 Å². The van der Waals surface area contributed by atoms with Crippen molar-refractivity contribution in [3.05, 3.63) is 18.2 Å². The van der Waals surface area contributed by atoms with Crippen molar-refractivity contribution in [2.75, 3.05) is 31.2 Å². The summed E-state index contributed by atoms with van der Waals surface area (Å²) >= 11 is 0. The molecule has 1 fully saturated rings. The molecule has 0 aromatic heterocycles. The number of nitrogens with two attached hydrogens (primary N) is 1. The minimum atomic E-state index is -0.347. The van der Waals surface area contributed by atoms with E-state index in [4.69, 9.17) is 10.5 Å². The van der Waals surface area contributed by atoms with Crippen molar-refractivity contribution < 1.29 is 14.6 Å². The lowest BCUT2D eigenvalue weighted by Gasteiger charge is -2.34. The molecule has 2 atom stereocenters. The second kappa shape index (κ2) is 6.78. The Morgan fingerprint density at radius 2 is 2.33 bits per heavy atom. The van der Waals surface area contributed by atoms with Crippen molar-refractivity contribution in [2.45, 2.75) is 31.9 Å². The van der Waals surface area contributed by atoms with Gasteiger partial charge in [0.05, 0.1) is 30.6 Å². The Labute approximate surface area is 124 Å². The van der Waals surface area contributed by atoms with Gasteiger partial charge in [-0.05, 0) is 38.4 Å². The summed E-state index contributed by atoms with van der Waals surface area (Å²) in [5, 5.41) is 12.5. The van der Waals surface area contributed by atoms with Gasteiger partial charge in [-0.3, -0.25) is 9.69 Å². The number of nitrogens with zero attached hydrogens (tertiary/aromatic N) is 1. The highest BCUT2D eigenvalue weighted by Crippen LogP contribution is 2.24. The first-order valence-corrected chi connectivity index (χ1v) is 7.17. The Bertz CT molecular complexity index is 507. The number of ether oxygens (including phenoxy) is 1. The number of rotatable bonds is 4. The third kappa shape index (κ3) is 3.86. The molecule has 6 heteroatoms. The third-order valence-electron chi connectivity index (χ3n) is 3.87. The fourth-order valence-electron chi connectivity index (χ4n) is 2.52. The zero-order valence-electron chi connectivity index (χ0n) is 12.5. The van der Waals surface area contributed by atoms with Gasteiger partial charge in [0.1, 0.15) is 5.75 Å². The van der Waals surface area contributed by atoms with Gasteiger partial charge in [-0.15, -0.1) is 0 Å². The van der Waals surface area contributed by atoms with E-state index in [1.54, 1.807) is 25.3 Å². The summed E-state index contributed by atoms with van der Waals surface area (Å²) in [5.74, 6) is 0.527. The van der Waals surface area contributed by atoms with Gasteiger partial charge >= 0.3 is 0 Å². The molecule has 1 heterocycles. The monoisotopic (exact) mass is 293 g/mol. The molecule has 4 N–H and O–H groups in total. The fourth-order valence-corrected chi connectivity index (χ4v) is 2.52. The van der Waals surface area contributed by atoms with E-state index in [1.807, 2.05) is 11.8 Å². The molecule has 1 aliphatic heterocycles. The van der Waals surface area contributed by atoms with Crippen LogP contribution in [0.3, 0.4) is 0 Å². The summed E-state index contributed by atoms with van der Waals surface area (Å²) in [5.41, 5.74) is 6.94. The molecule has 6 nitrogen and oxygen atoms in total. The summed E-state index contributed by atoms with van der Waals surface area (Å²) in [7, 11) is 1.57. The first-order valence-electron chi connectivity index (χ1n) is 7.17. The van der Waals surface area contributed by atoms with Gasteiger partial charge in [0.15, 0.2) is 0 Å². The second-order valence-corrected chi connectivity index (χ2v) is 5.41. The molecule has 1 aromatic carbocycles. The van der Waals surface area contributed by atoms with Gasteiger partial charge < -0.3 is 20.9 Å². The number of aliphatic hydroxyl groups excluding tert-OH is 1. The Kier molecular flexibility index (Phi) is 5.03. The number of benzene rings is 1. The molecule has 2 unspecified atom stereocenters. The molecule has 1 aliphatic rings. The second-order valence-electron chi connectivity index (χ2n) is 5.41. The van der Waals surface area contributed by atoms with Crippen LogP contribution in [0.5, 0.6) is 5.75 Å². The van der Waals surface area contributed by atoms with Crippen LogP contribution in [-0.4, -0.2) is 48.3 Å². The van der Waals surface area contributed by atoms with Gasteiger partial charge in [-0.25, -0.2) is 0 Å². The predicted octanol–water partition coefficient (Wildman–Crippen LogP) is 1.06. The molecule has 116 valence electrons. The number of likely N-dealkylation sites (tertiary alicyclic amines) is 1. The van der Waals surface area contributed by atoms with Crippen LogP contribution < -0.4 is 15.8 Å². The number of hydrogen-bond acceptors (Lipinski definition) is 5. The van der Waals surface area contributed by atoms with Crippen molar-refractivity contribution >= 4 is 17.3 Å². The van der Waals surface area contributed by atoms with Crippen molar-refractivity contribution in [1.29, 1.82) is 0 Å². The number of amides is 1. The molecule has 2 rings (SSSR count). The molecule has 0 saturated carbocycles. The summed E-state index contributed by atoms with van der Waals surface area (Å²) in [6.07, 6.45) is 1.36. The molecular formula is C15H23N3O3. The number of nitrogen functional groups attached to an aromatic ring is 1. The number of carbonyl (C=O) groups is 1. The van der Waals surface area contributed by atoms with E-state index in [1.165, 1.54) is 0 Å². The lowest BCUT2D eigenvalue weighted by atomic mass is 10.1. The molecule has 1 aromatic rings. The predicted molar refractivity (Wildman–Crippen MR) is 82.3 cm³/mol. The lowest BCUT2D eigenvalue weighted by molar-refractivity contribution is -0.121. The number of aliphatic hydroxyl groups is 1. The summed E-state index contributed by atoms with van der Waals surface area (Å²) in [6.45, 7) is 3.20. The SMILES string of the molecule is COc1ccc(NC(=O)C(C)N2CCCC(O)C2)c(N)c1. The standard InChI is InChI=1S/C15H23N3O3/c1-10(18-7-3-4-11(19)9-18)15(20)17-14-6-5-12(21-2)8-13(14)16/h5-6,8,10-11,19H,3-4,7,9,16H2,1-2H3,(H,17,20). The van der Waals surface area contributed by atoms with Crippen LogP contribution in [0.25, 0.3) is 0 Å².